The molecule has 0 spiro atoms. The molecule has 0 unspecified atom stereocenters. The van der Waals surface area contributed by atoms with Crippen LogP contribution in [0.4, 0.5) is 10.8 Å². The van der Waals surface area contributed by atoms with Gasteiger partial charge in [0, 0.05) is 11.4 Å². The van der Waals surface area contributed by atoms with Gasteiger partial charge in [-0.15, -0.1) is 10.2 Å². The van der Waals surface area contributed by atoms with Crippen LogP contribution in [-0.4, -0.2) is 10.2 Å². The van der Waals surface area contributed by atoms with Crippen LogP contribution in [0.3, 0.4) is 0 Å². The predicted molar refractivity (Wildman–Crippen MR) is 140 cm³/mol. The third-order valence-corrected chi connectivity index (χ3v) is 7.39. The number of aryl methyl sites for hydroxylation is 2. The Morgan fingerprint density at radius 2 is 1.52 bits per heavy atom. The van der Waals surface area contributed by atoms with Crippen molar-refractivity contribution in [1.82, 2.24) is 10.2 Å². The summed E-state index contributed by atoms with van der Waals surface area (Å²) in [6.45, 7) is 11.2. The van der Waals surface area contributed by atoms with Gasteiger partial charge < -0.3 is 10.1 Å². The Hall–Kier alpha value is -2.83. The van der Waals surface area contributed by atoms with Gasteiger partial charge in [0.2, 0.25) is 5.13 Å². The lowest BCUT2D eigenvalue weighted by atomic mass is 9.84. The number of hydrogen-bond acceptors (Lipinski definition) is 6. The molecule has 3 aromatic carbocycles. The van der Waals surface area contributed by atoms with Gasteiger partial charge in [-0.25, -0.2) is 0 Å². The van der Waals surface area contributed by atoms with E-state index in [0.717, 1.165) is 32.4 Å². The van der Waals surface area contributed by atoms with Crippen LogP contribution in [0.5, 0.6) is 11.5 Å². The summed E-state index contributed by atoms with van der Waals surface area (Å²) in [6, 6.07) is 22.3. The van der Waals surface area contributed by atoms with Crippen molar-refractivity contribution < 1.29 is 4.74 Å². The third kappa shape index (κ3) is 6.15. The normalized spacial score (nSPS) is 11.4. The Labute approximate surface area is 204 Å². The van der Waals surface area contributed by atoms with E-state index in [1.807, 2.05) is 54.6 Å². The van der Waals surface area contributed by atoms with E-state index < -0.39 is 0 Å². The maximum Gasteiger partial charge on any atom is 0.210 e. The molecule has 0 radical (unpaired) electrons. The summed E-state index contributed by atoms with van der Waals surface area (Å²) in [5.74, 6) is 2.51. The van der Waals surface area contributed by atoms with Crippen molar-refractivity contribution in [3.63, 3.8) is 0 Å². The van der Waals surface area contributed by atoms with Crippen molar-refractivity contribution in [3.05, 3.63) is 89.0 Å². The molecule has 1 heterocycles. The van der Waals surface area contributed by atoms with Crippen molar-refractivity contribution in [2.24, 2.45) is 0 Å². The first-order valence-electron chi connectivity index (χ1n) is 10.9. The summed E-state index contributed by atoms with van der Waals surface area (Å²) in [5.41, 5.74) is 6.56. The molecule has 0 saturated heterocycles. The molecule has 6 heteroatoms. The number of hydrogen-bond donors (Lipinski definition) is 1. The van der Waals surface area contributed by atoms with Crippen LogP contribution < -0.4 is 10.1 Å². The Morgan fingerprint density at radius 1 is 0.879 bits per heavy atom. The van der Waals surface area contributed by atoms with Crippen molar-refractivity contribution in [1.29, 1.82) is 0 Å². The standard InChI is InChI=1S/C27H29N3OS2/c1-18-15-20(27(3,4)5)16-19(2)24(18)17-32-26-30-29-25(33-26)28-21-11-13-23(14-12-21)31-22-9-7-6-8-10-22/h6-16H,17H2,1-5H3,(H,28,29). The van der Waals surface area contributed by atoms with Crippen LogP contribution in [-0.2, 0) is 11.2 Å². The van der Waals surface area contributed by atoms with E-state index in [4.69, 9.17) is 4.74 Å². The second-order valence-corrected chi connectivity index (χ2v) is 11.3. The Balaban J connectivity index is 1.36. The lowest BCUT2D eigenvalue weighted by molar-refractivity contribution is 0.483. The molecule has 0 amide bonds. The van der Waals surface area contributed by atoms with Gasteiger partial charge in [0.15, 0.2) is 4.34 Å². The molecule has 0 aliphatic carbocycles. The summed E-state index contributed by atoms with van der Waals surface area (Å²) in [4.78, 5) is 0. The van der Waals surface area contributed by atoms with Crippen LogP contribution in [0.15, 0.2) is 71.1 Å². The molecule has 1 N–H and O–H groups in total. The summed E-state index contributed by atoms with van der Waals surface area (Å²) < 4.78 is 6.81. The minimum atomic E-state index is 0.160. The highest BCUT2D eigenvalue weighted by molar-refractivity contribution is 8.00. The second-order valence-electron chi connectivity index (χ2n) is 9.06. The second kappa shape index (κ2) is 9.98. The highest BCUT2D eigenvalue weighted by Crippen LogP contribution is 2.34. The fourth-order valence-corrected chi connectivity index (χ4v) is 5.43. The van der Waals surface area contributed by atoms with Gasteiger partial charge in [0.05, 0.1) is 0 Å². The molecule has 4 aromatic rings. The summed E-state index contributed by atoms with van der Waals surface area (Å²) in [7, 11) is 0. The first kappa shape index (κ1) is 23.3. The maximum absolute atomic E-state index is 5.85. The van der Waals surface area contributed by atoms with Gasteiger partial charge in [-0.3, -0.25) is 0 Å². The fraction of sp³-hybridized carbons (Fsp3) is 0.259. The van der Waals surface area contributed by atoms with E-state index in [1.54, 1.807) is 23.1 Å². The molecule has 0 aliphatic rings. The summed E-state index contributed by atoms with van der Waals surface area (Å²) in [5, 5.41) is 12.8. The third-order valence-electron chi connectivity index (χ3n) is 5.39. The quantitative estimate of drug-likeness (QED) is 0.272. The number of thioether (sulfide) groups is 1. The van der Waals surface area contributed by atoms with Crippen LogP contribution >= 0.6 is 23.1 Å². The molecule has 33 heavy (non-hydrogen) atoms. The Bertz CT molecular complexity index is 1190. The number of rotatable bonds is 7. The Morgan fingerprint density at radius 3 is 2.15 bits per heavy atom. The molecule has 4 nitrogen and oxygen atoms in total. The SMILES string of the molecule is Cc1cc(C(C)(C)C)cc(C)c1CSc1nnc(Nc2ccc(Oc3ccccc3)cc2)s1. The highest BCUT2D eigenvalue weighted by Gasteiger charge is 2.17. The number of ether oxygens (including phenoxy) is 1. The van der Waals surface area contributed by atoms with E-state index in [9.17, 15) is 0 Å². The van der Waals surface area contributed by atoms with Crippen molar-refractivity contribution >= 4 is 33.9 Å². The minimum Gasteiger partial charge on any atom is -0.457 e. The van der Waals surface area contributed by atoms with Crippen LogP contribution in [0.2, 0.25) is 0 Å². The van der Waals surface area contributed by atoms with Gasteiger partial charge >= 0.3 is 0 Å². The van der Waals surface area contributed by atoms with Gasteiger partial charge in [-0.2, -0.15) is 0 Å². The van der Waals surface area contributed by atoms with Crippen molar-refractivity contribution in [2.45, 2.75) is 50.1 Å². The molecular weight excluding hydrogens is 446 g/mol. The first-order valence-corrected chi connectivity index (χ1v) is 12.7. The van der Waals surface area contributed by atoms with Crippen molar-refractivity contribution in [3.8, 4) is 11.5 Å². The molecule has 4 rings (SSSR count). The molecule has 0 aliphatic heterocycles. The van der Waals surface area contributed by atoms with E-state index in [2.05, 4.69) is 62.3 Å². The summed E-state index contributed by atoms with van der Waals surface area (Å²) in [6.07, 6.45) is 0. The number of para-hydroxylation sites is 1. The molecule has 1 aromatic heterocycles. The number of nitrogens with zero attached hydrogens (tertiary/aromatic N) is 2. The molecule has 0 fully saturated rings. The van der Waals surface area contributed by atoms with Crippen molar-refractivity contribution in [2.75, 3.05) is 5.32 Å². The lowest BCUT2D eigenvalue weighted by Crippen LogP contribution is -2.12. The van der Waals surface area contributed by atoms with Crippen LogP contribution in [0, 0.1) is 13.8 Å². The lowest BCUT2D eigenvalue weighted by Gasteiger charge is -2.22. The monoisotopic (exact) mass is 475 g/mol. The smallest absolute Gasteiger partial charge is 0.210 e. The van der Waals surface area contributed by atoms with E-state index in [0.29, 0.717) is 0 Å². The Kier molecular flexibility index (Phi) is 7.05. The van der Waals surface area contributed by atoms with Gasteiger partial charge in [-0.05, 0) is 77.9 Å². The maximum atomic E-state index is 5.85. The number of benzene rings is 3. The molecule has 0 saturated carbocycles. The molecular formula is C27H29N3OS2. The fourth-order valence-electron chi connectivity index (χ4n) is 3.46. The predicted octanol–water partition coefficient (Wildman–Crippen LogP) is 8.28. The van der Waals surface area contributed by atoms with E-state index in [1.165, 1.54) is 22.3 Å². The molecule has 0 atom stereocenters. The van der Waals surface area contributed by atoms with Gasteiger partial charge in [0.1, 0.15) is 11.5 Å². The highest BCUT2D eigenvalue weighted by atomic mass is 32.2. The first-order chi connectivity index (χ1) is 15.8. The average molecular weight is 476 g/mol. The zero-order chi connectivity index (χ0) is 23.4. The van der Waals surface area contributed by atoms with E-state index >= 15 is 0 Å². The topological polar surface area (TPSA) is 47.0 Å². The zero-order valence-electron chi connectivity index (χ0n) is 19.7. The van der Waals surface area contributed by atoms with Gasteiger partial charge in [-0.1, -0.05) is 74.2 Å². The van der Waals surface area contributed by atoms with Crippen LogP contribution in [0.25, 0.3) is 0 Å². The molecule has 0 bridgehead atoms. The number of anilines is 2. The number of nitrogens with one attached hydrogen (secondary N) is 1. The summed E-state index contributed by atoms with van der Waals surface area (Å²) >= 11 is 3.31. The van der Waals surface area contributed by atoms with E-state index in [-0.39, 0.29) is 5.41 Å². The van der Waals surface area contributed by atoms with Crippen LogP contribution in [0.1, 0.15) is 43.0 Å². The minimum absolute atomic E-state index is 0.160. The number of aromatic nitrogens is 2. The average Bonchev–Trinajstić information content (AvgIpc) is 3.22. The van der Waals surface area contributed by atoms with Gasteiger partial charge in [0.25, 0.3) is 0 Å². The largest absolute Gasteiger partial charge is 0.457 e. The zero-order valence-corrected chi connectivity index (χ0v) is 21.3. The molecule has 170 valence electrons.